The highest BCUT2D eigenvalue weighted by atomic mass is 35.5. The molecule has 1 aliphatic heterocycles. The van der Waals surface area contributed by atoms with Crippen LogP contribution in [0.4, 0.5) is 13.2 Å². The number of carbonyl (C=O) groups excluding carboxylic acids is 1. The first-order valence-corrected chi connectivity index (χ1v) is 6.93. The summed E-state index contributed by atoms with van der Waals surface area (Å²) in [4.78, 5) is 12.0. The minimum absolute atomic E-state index is 0.255. The quantitative estimate of drug-likeness (QED) is 0.922. The van der Waals surface area contributed by atoms with Crippen LogP contribution in [-0.4, -0.2) is 25.3 Å². The van der Waals surface area contributed by atoms with E-state index in [1.807, 2.05) is 0 Å². The first-order chi connectivity index (χ1) is 9.85. The Morgan fingerprint density at radius 1 is 1.38 bits per heavy atom. The predicted octanol–water partition coefficient (Wildman–Crippen LogP) is 3.49. The molecule has 21 heavy (non-hydrogen) atoms. The van der Waals surface area contributed by atoms with E-state index in [1.54, 1.807) is 0 Å². The smallest absolute Gasteiger partial charge is 0.381 e. The molecule has 1 N–H and O–H groups in total. The Balaban J connectivity index is 2.11. The van der Waals surface area contributed by atoms with Crippen molar-refractivity contribution in [1.82, 2.24) is 5.32 Å². The van der Waals surface area contributed by atoms with Gasteiger partial charge in [0.25, 0.3) is 0 Å². The van der Waals surface area contributed by atoms with E-state index in [9.17, 15) is 18.0 Å². The summed E-state index contributed by atoms with van der Waals surface area (Å²) < 4.78 is 43.2. The fourth-order valence-corrected chi connectivity index (χ4v) is 2.34. The van der Waals surface area contributed by atoms with Crippen molar-refractivity contribution >= 4 is 17.5 Å². The Morgan fingerprint density at radius 2 is 2.05 bits per heavy atom. The second kappa shape index (κ2) is 6.66. The second-order valence-electron chi connectivity index (χ2n) is 4.99. The summed E-state index contributed by atoms with van der Waals surface area (Å²) in [6, 6.07) is 4.88. The van der Waals surface area contributed by atoms with Gasteiger partial charge in [-0.2, -0.15) is 13.2 Å². The molecule has 2 atom stereocenters. The lowest BCUT2D eigenvalue weighted by Gasteiger charge is -2.22. The summed E-state index contributed by atoms with van der Waals surface area (Å²) in [5, 5.41) is 2.90. The summed E-state index contributed by atoms with van der Waals surface area (Å²) in [7, 11) is 0. The normalized spacial score (nSPS) is 20.3. The summed E-state index contributed by atoms with van der Waals surface area (Å²) in [6.45, 7) is 0.716. The van der Waals surface area contributed by atoms with Crippen molar-refractivity contribution in [1.29, 1.82) is 0 Å². The average molecular weight is 322 g/mol. The molecule has 1 aliphatic rings. The molecule has 0 unspecified atom stereocenters. The van der Waals surface area contributed by atoms with Gasteiger partial charge >= 0.3 is 6.18 Å². The monoisotopic (exact) mass is 321 g/mol. The van der Waals surface area contributed by atoms with Crippen molar-refractivity contribution in [3.05, 3.63) is 34.9 Å². The number of hydrogen-bond donors (Lipinski definition) is 1. The van der Waals surface area contributed by atoms with Crippen molar-refractivity contribution in [3.8, 4) is 0 Å². The van der Waals surface area contributed by atoms with Crippen LogP contribution in [0.2, 0.25) is 5.02 Å². The first kappa shape index (κ1) is 16.1. The van der Waals surface area contributed by atoms with Gasteiger partial charge in [0.15, 0.2) is 0 Å². The van der Waals surface area contributed by atoms with E-state index in [0.717, 1.165) is 0 Å². The van der Waals surface area contributed by atoms with E-state index in [1.165, 1.54) is 24.3 Å². The molecule has 0 spiro atoms. The van der Waals surface area contributed by atoms with Crippen molar-refractivity contribution in [2.45, 2.75) is 25.1 Å². The largest absolute Gasteiger partial charge is 0.391 e. The molecule has 1 aromatic carbocycles. The van der Waals surface area contributed by atoms with Crippen LogP contribution < -0.4 is 5.32 Å². The minimum Gasteiger partial charge on any atom is -0.381 e. The standard InChI is InChI=1S/C14H15ClF3NO2/c15-11-3-1-9(2-4-11)12(7-14(16,17)18)19-13(20)10-5-6-21-8-10/h1-4,10,12H,5-8H2,(H,19,20)/t10-,12+/m1/s1. The van der Waals surface area contributed by atoms with E-state index in [-0.39, 0.29) is 12.5 Å². The van der Waals surface area contributed by atoms with Gasteiger partial charge in [0.1, 0.15) is 0 Å². The number of ether oxygens (including phenoxy) is 1. The first-order valence-electron chi connectivity index (χ1n) is 6.55. The molecule has 3 nitrogen and oxygen atoms in total. The second-order valence-corrected chi connectivity index (χ2v) is 5.43. The van der Waals surface area contributed by atoms with Gasteiger partial charge < -0.3 is 10.1 Å². The number of rotatable bonds is 4. The fraction of sp³-hybridized carbons (Fsp3) is 0.500. The van der Waals surface area contributed by atoms with Crippen LogP contribution in [0.3, 0.4) is 0 Å². The lowest BCUT2D eigenvalue weighted by molar-refractivity contribution is -0.143. The van der Waals surface area contributed by atoms with Crippen LogP contribution in [0.25, 0.3) is 0 Å². The minimum atomic E-state index is -4.37. The third-order valence-electron chi connectivity index (χ3n) is 3.32. The van der Waals surface area contributed by atoms with Crippen LogP contribution in [0.15, 0.2) is 24.3 Å². The lowest BCUT2D eigenvalue weighted by Crippen LogP contribution is -2.36. The van der Waals surface area contributed by atoms with Gasteiger partial charge in [-0.1, -0.05) is 23.7 Å². The summed E-state index contributed by atoms with van der Waals surface area (Å²) in [6.07, 6.45) is -4.96. The number of halogens is 4. The molecule has 0 bridgehead atoms. The maximum atomic E-state index is 12.7. The average Bonchev–Trinajstić information content (AvgIpc) is 2.91. The highest BCUT2D eigenvalue weighted by Crippen LogP contribution is 2.30. The molecule has 1 amide bonds. The van der Waals surface area contributed by atoms with E-state index < -0.39 is 24.5 Å². The van der Waals surface area contributed by atoms with E-state index in [2.05, 4.69) is 5.32 Å². The lowest BCUT2D eigenvalue weighted by atomic mass is 10.0. The number of nitrogens with one attached hydrogen (secondary N) is 1. The molecular formula is C14H15ClF3NO2. The summed E-state index contributed by atoms with van der Waals surface area (Å²) in [5.74, 6) is -0.787. The molecule has 1 heterocycles. The zero-order chi connectivity index (χ0) is 15.5. The number of benzene rings is 1. The molecule has 0 radical (unpaired) electrons. The van der Waals surface area contributed by atoms with Gasteiger partial charge in [-0.15, -0.1) is 0 Å². The third kappa shape index (κ3) is 4.89. The molecule has 7 heteroatoms. The number of alkyl halides is 3. The Morgan fingerprint density at radius 3 is 2.57 bits per heavy atom. The van der Waals surface area contributed by atoms with E-state index in [4.69, 9.17) is 16.3 Å². The fourth-order valence-electron chi connectivity index (χ4n) is 2.21. The molecule has 116 valence electrons. The van der Waals surface area contributed by atoms with Gasteiger partial charge in [-0.25, -0.2) is 0 Å². The molecule has 2 rings (SSSR count). The highest BCUT2D eigenvalue weighted by Gasteiger charge is 2.35. The van der Waals surface area contributed by atoms with Crippen LogP contribution >= 0.6 is 11.6 Å². The summed E-state index contributed by atoms with van der Waals surface area (Å²) >= 11 is 5.73. The number of hydrogen-bond acceptors (Lipinski definition) is 2. The van der Waals surface area contributed by atoms with Crippen molar-refractivity contribution in [2.24, 2.45) is 5.92 Å². The Kier molecular flexibility index (Phi) is 5.11. The SMILES string of the molecule is O=C(N[C@@H](CC(F)(F)F)c1ccc(Cl)cc1)[C@@H]1CCOC1. The van der Waals surface area contributed by atoms with Gasteiger partial charge in [0, 0.05) is 11.6 Å². The molecule has 0 saturated carbocycles. The van der Waals surface area contributed by atoms with E-state index >= 15 is 0 Å². The van der Waals surface area contributed by atoms with Gasteiger partial charge in [0.05, 0.1) is 25.0 Å². The van der Waals surface area contributed by atoms with Crippen LogP contribution in [0.5, 0.6) is 0 Å². The molecule has 0 aromatic heterocycles. The van der Waals surface area contributed by atoms with Crippen LogP contribution in [0, 0.1) is 5.92 Å². The third-order valence-corrected chi connectivity index (χ3v) is 3.58. The van der Waals surface area contributed by atoms with Gasteiger partial charge in [-0.3, -0.25) is 4.79 Å². The zero-order valence-corrected chi connectivity index (χ0v) is 11.9. The zero-order valence-electron chi connectivity index (χ0n) is 11.1. The van der Waals surface area contributed by atoms with Crippen molar-refractivity contribution < 1.29 is 22.7 Å². The molecule has 1 aromatic rings. The Bertz CT molecular complexity index is 484. The topological polar surface area (TPSA) is 38.3 Å². The number of carbonyl (C=O) groups is 1. The van der Waals surface area contributed by atoms with E-state index in [0.29, 0.717) is 23.6 Å². The Labute approximate surface area is 125 Å². The Hall–Kier alpha value is -1.27. The highest BCUT2D eigenvalue weighted by molar-refractivity contribution is 6.30. The summed E-state index contributed by atoms with van der Waals surface area (Å²) in [5.41, 5.74) is 0.379. The van der Waals surface area contributed by atoms with Gasteiger partial charge in [0.2, 0.25) is 5.91 Å². The molecule has 0 aliphatic carbocycles. The van der Waals surface area contributed by atoms with Gasteiger partial charge in [-0.05, 0) is 24.1 Å². The number of amides is 1. The molecule has 1 saturated heterocycles. The maximum absolute atomic E-state index is 12.7. The van der Waals surface area contributed by atoms with Crippen LogP contribution in [0.1, 0.15) is 24.4 Å². The van der Waals surface area contributed by atoms with Crippen molar-refractivity contribution in [3.63, 3.8) is 0 Å². The molecule has 1 fully saturated rings. The molecular weight excluding hydrogens is 307 g/mol. The van der Waals surface area contributed by atoms with Crippen LogP contribution in [-0.2, 0) is 9.53 Å². The predicted molar refractivity (Wildman–Crippen MR) is 71.9 cm³/mol. The maximum Gasteiger partial charge on any atom is 0.391 e. The van der Waals surface area contributed by atoms with Crippen molar-refractivity contribution in [2.75, 3.05) is 13.2 Å².